The summed E-state index contributed by atoms with van der Waals surface area (Å²) in [4.78, 5) is 4.06. The molecule has 0 radical (unpaired) electrons. The van der Waals surface area contributed by atoms with E-state index < -0.39 is 21.9 Å². The Hall–Kier alpha value is -3.02. The Kier molecular flexibility index (Phi) is 4.96. The maximum absolute atomic E-state index is 13.3. The molecular weight excluding hydrogens is 437 g/mol. The highest BCUT2D eigenvalue weighted by molar-refractivity contribution is 7.89. The normalized spacial score (nSPS) is 12.3. The van der Waals surface area contributed by atoms with Crippen LogP contribution in [0, 0.1) is 0 Å². The Morgan fingerprint density at radius 3 is 2.13 bits per heavy atom. The standard InChI is InChI=1S/C19H13F3N4O2S2/c20-19(21,22)17-11-16(12-1-3-13(4-2-12)18-24-9-10-29-18)26(25-17)14-5-7-15(8-6-14)30(23,27)28/h1-11H,(H2,23,27,28). The van der Waals surface area contributed by atoms with Crippen LogP contribution in [0.4, 0.5) is 13.2 Å². The second-order valence-corrected chi connectivity index (χ2v) is 8.73. The number of hydrogen-bond acceptors (Lipinski definition) is 5. The summed E-state index contributed by atoms with van der Waals surface area (Å²) in [5, 5.41) is 11.4. The molecule has 0 aliphatic rings. The van der Waals surface area contributed by atoms with Crippen molar-refractivity contribution in [3.05, 3.63) is 71.9 Å². The van der Waals surface area contributed by atoms with Crippen molar-refractivity contribution >= 4 is 21.4 Å². The fourth-order valence-electron chi connectivity index (χ4n) is 2.85. The summed E-state index contributed by atoms with van der Waals surface area (Å²) in [6.07, 6.45) is -2.97. The van der Waals surface area contributed by atoms with Crippen LogP contribution in [-0.4, -0.2) is 23.2 Å². The molecule has 4 rings (SSSR count). The Labute approximate surface area is 173 Å². The molecule has 0 spiro atoms. The fraction of sp³-hybridized carbons (Fsp3) is 0.0526. The lowest BCUT2D eigenvalue weighted by molar-refractivity contribution is -0.141. The van der Waals surface area contributed by atoms with Gasteiger partial charge in [0.25, 0.3) is 0 Å². The molecule has 0 amide bonds. The smallest absolute Gasteiger partial charge is 0.245 e. The van der Waals surface area contributed by atoms with E-state index in [4.69, 9.17) is 5.14 Å². The maximum Gasteiger partial charge on any atom is 0.435 e. The van der Waals surface area contributed by atoms with Crippen LogP contribution in [0.3, 0.4) is 0 Å². The van der Waals surface area contributed by atoms with E-state index in [1.165, 1.54) is 35.6 Å². The third kappa shape index (κ3) is 3.99. The maximum atomic E-state index is 13.3. The van der Waals surface area contributed by atoms with Crippen molar-refractivity contribution < 1.29 is 21.6 Å². The molecule has 0 atom stereocenters. The van der Waals surface area contributed by atoms with E-state index in [0.717, 1.165) is 21.3 Å². The van der Waals surface area contributed by atoms with Gasteiger partial charge in [-0.05, 0) is 30.3 Å². The summed E-state index contributed by atoms with van der Waals surface area (Å²) in [6, 6.07) is 13.0. The number of benzene rings is 2. The number of nitrogens with two attached hydrogens (primary N) is 1. The summed E-state index contributed by atoms with van der Waals surface area (Å²) < 4.78 is 63.9. The van der Waals surface area contributed by atoms with Gasteiger partial charge in [-0.3, -0.25) is 0 Å². The van der Waals surface area contributed by atoms with Crippen LogP contribution in [0.1, 0.15) is 5.69 Å². The topological polar surface area (TPSA) is 90.9 Å². The summed E-state index contributed by atoms with van der Waals surface area (Å²) in [6.45, 7) is 0. The minimum absolute atomic E-state index is 0.149. The number of rotatable bonds is 4. The molecule has 4 aromatic rings. The van der Waals surface area contributed by atoms with Gasteiger partial charge in [0.2, 0.25) is 10.0 Å². The Bertz CT molecular complexity index is 1280. The molecule has 2 aromatic carbocycles. The van der Waals surface area contributed by atoms with Crippen molar-refractivity contribution in [2.45, 2.75) is 11.1 Å². The first-order valence-electron chi connectivity index (χ1n) is 8.44. The van der Waals surface area contributed by atoms with Gasteiger partial charge in [-0.2, -0.15) is 18.3 Å². The molecule has 11 heteroatoms. The number of thiazole rings is 1. The van der Waals surface area contributed by atoms with Crippen LogP contribution < -0.4 is 5.14 Å². The van der Waals surface area contributed by atoms with E-state index in [-0.39, 0.29) is 16.3 Å². The number of nitrogens with zero attached hydrogens (tertiary/aromatic N) is 3. The first-order valence-corrected chi connectivity index (χ1v) is 10.9. The highest BCUT2D eigenvalue weighted by Crippen LogP contribution is 2.34. The van der Waals surface area contributed by atoms with Crippen molar-refractivity contribution in [1.82, 2.24) is 14.8 Å². The molecule has 6 nitrogen and oxygen atoms in total. The van der Waals surface area contributed by atoms with Crippen molar-refractivity contribution in [3.8, 4) is 27.5 Å². The van der Waals surface area contributed by atoms with Gasteiger partial charge in [0.1, 0.15) is 5.01 Å². The first-order chi connectivity index (χ1) is 14.1. The minimum Gasteiger partial charge on any atom is -0.245 e. The van der Waals surface area contributed by atoms with Gasteiger partial charge in [-0.1, -0.05) is 24.3 Å². The van der Waals surface area contributed by atoms with E-state index in [9.17, 15) is 21.6 Å². The molecule has 2 aromatic heterocycles. The molecular formula is C19H13F3N4O2S2. The predicted molar refractivity (Wildman–Crippen MR) is 106 cm³/mol. The largest absolute Gasteiger partial charge is 0.435 e. The van der Waals surface area contributed by atoms with Crippen LogP contribution in [0.15, 0.2) is 71.1 Å². The lowest BCUT2D eigenvalue weighted by Crippen LogP contribution is -2.12. The highest BCUT2D eigenvalue weighted by Gasteiger charge is 2.35. The van der Waals surface area contributed by atoms with Crippen molar-refractivity contribution in [3.63, 3.8) is 0 Å². The summed E-state index contributed by atoms with van der Waals surface area (Å²) in [5.41, 5.74) is 0.757. The Morgan fingerprint density at radius 1 is 0.967 bits per heavy atom. The van der Waals surface area contributed by atoms with E-state index in [2.05, 4.69) is 10.1 Å². The first kappa shape index (κ1) is 20.3. The Morgan fingerprint density at radius 2 is 1.60 bits per heavy atom. The van der Waals surface area contributed by atoms with Gasteiger partial charge in [0.05, 0.1) is 16.3 Å². The molecule has 0 aliphatic carbocycles. The van der Waals surface area contributed by atoms with Gasteiger partial charge < -0.3 is 0 Å². The predicted octanol–water partition coefficient (Wildman–Crippen LogP) is 4.33. The van der Waals surface area contributed by atoms with Crippen LogP contribution in [0.25, 0.3) is 27.5 Å². The highest BCUT2D eigenvalue weighted by atomic mass is 32.2. The lowest BCUT2D eigenvalue weighted by atomic mass is 10.1. The molecule has 154 valence electrons. The summed E-state index contributed by atoms with van der Waals surface area (Å²) in [7, 11) is -3.92. The zero-order valence-corrected chi connectivity index (χ0v) is 16.7. The van der Waals surface area contributed by atoms with Gasteiger partial charge in [-0.15, -0.1) is 11.3 Å². The van der Waals surface area contributed by atoms with Gasteiger partial charge >= 0.3 is 6.18 Å². The van der Waals surface area contributed by atoms with E-state index in [1.807, 2.05) is 5.38 Å². The zero-order chi connectivity index (χ0) is 21.5. The van der Waals surface area contributed by atoms with Crippen molar-refractivity contribution in [2.24, 2.45) is 5.14 Å². The van der Waals surface area contributed by atoms with Crippen molar-refractivity contribution in [1.29, 1.82) is 0 Å². The van der Waals surface area contributed by atoms with Crippen LogP contribution in [-0.2, 0) is 16.2 Å². The quantitative estimate of drug-likeness (QED) is 0.501. The van der Waals surface area contributed by atoms with Gasteiger partial charge in [-0.25, -0.2) is 23.2 Å². The summed E-state index contributed by atoms with van der Waals surface area (Å²) >= 11 is 1.45. The number of halogens is 3. The molecule has 0 bridgehead atoms. The Balaban J connectivity index is 1.80. The molecule has 0 saturated heterocycles. The number of aromatic nitrogens is 3. The summed E-state index contributed by atoms with van der Waals surface area (Å²) in [5.74, 6) is 0. The molecule has 0 aliphatic heterocycles. The molecule has 0 saturated carbocycles. The van der Waals surface area contributed by atoms with Crippen LogP contribution >= 0.6 is 11.3 Å². The molecule has 30 heavy (non-hydrogen) atoms. The second kappa shape index (κ2) is 7.35. The van der Waals surface area contributed by atoms with Gasteiger partial charge in [0.15, 0.2) is 5.69 Å². The number of primary sulfonamides is 1. The number of hydrogen-bond donors (Lipinski definition) is 1. The third-order valence-corrected chi connectivity index (χ3v) is 6.02. The average Bonchev–Trinajstić information content (AvgIpc) is 3.37. The fourth-order valence-corrected chi connectivity index (χ4v) is 4.01. The van der Waals surface area contributed by atoms with Crippen LogP contribution in [0.5, 0.6) is 0 Å². The monoisotopic (exact) mass is 450 g/mol. The third-order valence-electron chi connectivity index (χ3n) is 4.27. The van der Waals surface area contributed by atoms with E-state index >= 15 is 0 Å². The van der Waals surface area contributed by atoms with Gasteiger partial charge in [0, 0.05) is 22.7 Å². The second-order valence-electron chi connectivity index (χ2n) is 6.28. The molecule has 2 heterocycles. The zero-order valence-electron chi connectivity index (χ0n) is 15.0. The average molecular weight is 450 g/mol. The minimum atomic E-state index is -4.64. The number of alkyl halides is 3. The van der Waals surface area contributed by atoms with Crippen molar-refractivity contribution in [2.75, 3.05) is 0 Å². The van der Waals surface area contributed by atoms with E-state index in [0.29, 0.717) is 5.56 Å². The molecule has 0 fully saturated rings. The van der Waals surface area contributed by atoms with Crippen LogP contribution in [0.2, 0.25) is 0 Å². The molecule has 0 unspecified atom stereocenters. The lowest BCUT2D eigenvalue weighted by Gasteiger charge is -2.09. The van der Waals surface area contributed by atoms with E-state index in [1.54, 1.807) is 30.5 Å². The number of sulfonamides is 1. The molecule has 2 N–H and O–H groups in total. The SMILES string of the molecule is NS(=O)(=O)c1ccc(-n2nc(C(F)(F)F)cc2-c2ccc(-c3nccs3)cc2)cc1.